The largest absolute Gasteiger partial charge is 0.398 e. The Morgan fingerprint density at radius 2 is 2.00 bits per heavy atom. The first-order chi connectivity index (χ1) is 9.64. The second-order valence-corrected chi connectivity index (χ2v) is 7.22. The van der Waals surface area contributed by atoms with Gasteiger partial charge in [-0.3, -0.25) is 4.79 Å². The van der Waals surface area contributed by atoms with Gasteiger partial charge in [0.1, 0.15) is 6.04 Å². The summed E-state index contributed by atoms with van der Waals surface area (Å²) in [5.74, 6) is -0.770. The van der Waals surface area contributed by atoms with E-state index in [1.54, 1.807) is 19.9 Å². The first kappa shape index (κ1) is 15.7. The van der Waals surface area contributed by atoms with Crippen molar-refractivity contribution in [2.45, 2.75) is 37.3 Å². The number of primary amides is 1. The fourth-order valence-electron chi connectivity index (χ4n) is 2.56. The average molecular weight is 313 g/mol. The van der Waals surface area contributed by atoms with E-state index in [0.29, 0.717) is 16.8 Å². The molecular weight excluding hydrogens is 294 g/mol. The molecule has 0 aliphatic carbocycles. The molecule has 1 heterocycles. The van der Waals surface area contributed by atoms with Crippen LogP contribution in [0.4, 0.5) is 5.69 Å². The monoisotopic (exact) mass is 313 g/mol. The SMILES string of the molecule is Cc1cc(N)c(C)c(S(=O)(=O)N2CC(O)CC2C(N)=O)c1. The van der Waals surface area contributed by atoms with Crippen LogP contribution in [0.5, 0.6) is 0 Å². The van der Waals surface area contributed by atoms with E-state index in [2.05, 4.69) is 0 Å². The van der Waals surface area contributed by atoms with Gasteiger partial charge in [0.25, 0.3) is 0 Å². The van der Waals surface area contributed by atoms with E-state index in [1.807, 2.05) is 0 Å². The Balaban J connectivity index is 2.54. The van der Waals surface area contributed by atoms with Gasteiger partial charge >= 0.3 is 0 Å². The van der Waals surface area contributed by atoms with Gasteiger partial charge in [-0.2, -0.15) is 4.31 Å². The smallest absolute Gasteiger partial charge is 0.244 e. The molecule has 2 atom stereocenters. The number of benzene rings is 1. The maximum Gasteiger partial charge on any atom is 0.244 e. The molecule has 1 aromatic carbocycles. The van der Waals surface area contributed by atoms with Crippen molar-refractivity contribution < 1.29 is 18.3 Å². The van der Waals surface area contributed by atoms with Crippen LogP contribution in [-0.2, 0) is 14.8 Å². The molecule has 2 rings (SSSR count). The molecule has 1 saturated heterocycles. The number of aliphatic hydroxyl groups excluding tert-OH is 1. The van der Waals surface area contributed by atoms with Crippen LogP contribution >= 0.6 is 0 Å². The molecule has 2 unspecified atom stereocenters. The van der Waals surface area contributed by atoms with Crippen LogP contribution in [0.2, 0.25) is 0 Å². The topological polar surface area (TPSA) is 127 Å². The van der Waals surface area contributed by atoms with Crippen LogP contribution in [0.15, 0.2) is 17.0 Å². The van der Waals surface area contributed by atoms with Crippen molar-refractivity contribution in [2.75, 3.05) is 12.3 Å². The van der Waals surface area contributed by atoms with Crippen LogP contribution in [0.25, 0.3) is 0 Å². The lowest BCUT2D eigenvalue weighted by Gasteiger charge is -2.23. The molecule has 8 heteroatoms. The van der Waals surface area contributed by atoms with Gasteiger partial charge in [-0.25, -0.2) is 8.42 Å². The summed E-state index contributed by atoms with van der Waals surface area (Å²) >= 11 is 0. The number of amides is 1. The van der Waals surface area contributed by atoms with Gasteiger partial charge in [0.05, 0.1) is 11.0 Å². The molecule has 1 aliphatic heterocycles. The highest BCUT2D eigenvalue weighted by molar-refractivity contribution is 7.89. The number of nitrogens with zero attached hydrogens (tertiary/aromatic N) is 1. The number of hydrogen-bond acceptors (Lipinski definition) is 5. The molecule has 5 N–H and O–H groups in total. The molecule has 7 nitrogen and oxygen atoms in total. The van der Waals surface area contributed by atoms with Crippen LogP contribution in [-0.4, -0.2) is 42.4 Å². The number of aliphatic hydroxyl groups is 1. The van der Waals surface area contributed by atoms with E-state index in [1.165, 1.54) is 6.07 Å². The highest BCUT2D eigenvalue weighted by Crippen LogP contribution is 2.30. The Morgan fingerprint density at radius 3 is 2.57 bits per heavy atom. The predicted octanol–water partition coefficient (Wildman–Crippen LogP) is -0.505. The lowest BCUT2D eigenvalue weighted by Crippen LogP contribution is -2.43. The minimum Gasteiger partial charge on any atom is -0.398 e. The van der Waals surface area contributed by atoms with Crippen molar-refractivity contribution in [3.8, 4) is 0 Å². The third kappa shape index (κ3) is 2.74. The molecule has 0 spiro atoms. The summed E-state index contributed by atoms with van der Waals surface area (Å²) in [6.07, 6.45) is -0.894. The summed E-state index contributed by atoms with van der Waals surface area (Å²) < 4.78 is 26.5. The number of anilines is 1. The van der Waals surface area contributed by atoms with Gasteiger partial charge in [0.2, 0.25) is 15.9 Å². The molecule has 0 aromatic heterocycles. The van der Waals surface area contributed by atoms with E-state index >= 15 is 0 Å². The summed E-state index contributed by atoms with van der Waals surface area (Å²) in [6, 6.07) is 2.15. The normalized spacial score (nSPS) is 23.4. The number of hydrogen-bond donors (Lipinski definition) is 3. The molecule has 0 radical (unpaired) electrons. The Hall–Kier alpha value is -1.64. The number of nitrogens with two attached hydrogens (primary N) is 2. The van der Waals surface area contributed by atoms with Crippen molar-refractivity contribution >= 4 is 21.6 Å². The van der Waals surface area contributed by atoms with E-state index in [0.717, 1.165) is 4.31 Å². The Labute approximate surface area is 123 Å². The Kier molecular flexibility index (Phi) is 3.96. The third-order valence-electron chi connectivity index (χ3n) is 3.69. The Morgan fingerprint density at radius 1 is 1.38 bits per heavy atom. The quantitative estimate of drug-likeness (QED) is 0.648. The number of nitrogen functional groups attached to an aromatic ring is 1. The zero-order valence-corrected chi connectivity index (χ0v) is 12.7. The molecule has 1 aliphatic rings. The fraction of sp³-hybridized carbons (Fsp3) is 0.462. The lowest BCUT2D eigenvalue weighted by molar-refractivity contribution is -0.121. The molecule has 0 bridgehead atoms. The zero-order chi connectivity index (χ0) is 15.9. The maximum atomic E-state index is 12.8. The zero-order valence-electron chi connectivity index (χ0n) is 11.9. The summed E-state index contributed by atoms with van der Waals surface area (Å²) in [7, 11) is -3.95. The lowest BCUT2D eigenvalue weighted by atomic mass is 10.1. The minimum atomic E-state index is -3.95. The van der Waals surface area contributed by atoms with Crippen molar-refractivity contribution in [1.29, 1.82) is 0 Å². The minimum absolute atomic E-state index is 0.00884. The maximum absolute atomic E-state index is 12.8. The number of aryl methyl sites for hydroxylation is 1. The predicted molar refractivity (Wildman–Crippen MR) is 77.8 cm³/mol. The highest BCUT2D eigenvalue weighted by atomic mass is 32.2. The molecule has 1 fully saturated rings. The first-order valence-corrected chi connectivity index (χ1v) is 7.94. The number of β-amino-alcohol motifs (C(OH)–C–C–N with tert-alkyl or cyclic N) is 1. The van der Waals surface area contributed by atoms with Gasteiger partial charge < -0.3 is 16.6 Å². The summed E-state index contributed by atoms with van der Waals surface area (Å²) in [5, 5.41) is 9.67. The van der Waals surface area contributed by atoms with Crippen LogP contribution in [0, 0.1) is 13.8 Å². The van der Waals surface area contributed by atoms with E-state index < -0.39 is 28.1 Å². The van der Waals surface area contributed by atoms with E-state index in [-0.39, 0.29) is 17.9 Å². The van der Waals surface area contributed by atoms with Crippen molar-refractivity contribution in [1.82, 2.24) is 4.31 Å². The molecule has 1 amide bonds. The van der Waals surface area contributed by atoms with Crippen molar-refractivity contribution in [3.63, 3.8) is 0 Å². The summed E-state index contributed by atoms with van der Waals surface area (Å²) in [5.41, 5.74) is 12.5. The number of rotatable bonds is 3. The molecule has 21 heavy (non-hydrogen) atoms. The molecule has 0 saturated carbocycles. The van der Waals surface area contributed by atoms with E-state index in [4.69, 9.17) is 11.5 Å². The van der Waals surface area contributed by atoms with Gasteiger partial charge in [-0.05, 0) is 37.1 Å². The van der Waals surface area contributed by atoms with E-state index in [9.17, 15) is 18.3 Å². The summed E-state index contributed by atoms with van der Waals surface area (Å²) in [4.78, 5) is 11.5. The Bertz CT molecular complexity index is 687. The number of carbonyl (C=O) groups excluding carboxylic acids is 1. The first-order valence-electron chi connectivity index (χ1n) is 6.50. The average Bonchev–Trinajstić information content (AvgIpc) is 2.76. The van der Waals surface area contributed by atoms with Crippen molar-refractivity contribution in [2.24, 2.45) is 5.73 Å². The van der Waals surface area contributed by atoms with Crippen LogP contribution in [0.3, 0.4) is 0 Å². The van der Waals surface area contributed by atoms with Crippen LogP contribution in [0.1, 0.15) is 17.5 Å². The summed E-state index contributed by atoms with van der Waals surface area (Å²) in [6.45, 7) is 3.19. The molecule has 116 valence electrons. The van der Waals surface area contributed by atoms with Crippen molar-refractivity contribution in [3.05, 3.63) is 23.3 Å². The third-order valence-corrected chi connectivity index (χ3v) is 5.69. The fourth-order valence-corrected chi connectivity index (χ4v) is 4.54. The molecular formula is C13H19N3O4S. The van der Waals surface area contributed by atoms with Gasteiger partial charge in [0, 0.05) is 18.7 Å². The second-order valence-electron chi connectivity index (χ2n) is 5.36. The van der Waals surface area contributed by atoms with Gasteiger partial charge in [-0.1, -0.05) is 0 Å². The highest BCUT2D eigenvalue weighted by Gasteiger charge is 2.43. The van der Waals surface area contributed by atoms with Gasteiger partial charge in [0.15, 0.2) is 0 Å². The van der Waals surface area contributed by atoms with Crippen LogP contribution < -0.4 is 11.5 Å². The number of sulfonamides is 1. The second kappa shape index (κ2) is 5.28. The standard InChI is InChI=1S/C13H19N3O4S/c1-7-3-10(14)8(2)12(4-7)21(19,20)16-6-9(17)5-11(16)13(15)18/h3-4,9,11,17H,5-6,14H2,1-2H3,(H2,15,18). The molecule has 1 aromatic rings. The number of carbonyl (C=O) groups is 1. The van der Waals surface area contributed by atoms with Gasteiger partial charge in [-0.15, -0.1) is 0 Å².